The maximum atomic E-state index is 9.35. The molecule has 0 aliphatic heterocycles. The fourth-order valence-corrected chi connectivity index (χ4v) is 3.01. The molecule has 0 atom stereocenters. The Morgan fingerprint density at radius 1 is 1.04 bits per heavy atom. The van der Waals surface area contributed by atoms with Gasteiger partial charge < -0.3 is 10.3 Å². The molecule has 2 N–H and O–H groups in total. The van der Waals surface area contributed by atoms with E-state index in [1.165, 1.54) is 0 Å². The van der Waals surface area contributed by atoms with Crippen LogP contribution in [-0.2, 0) is 6.42 Å². The lowest BCUT2D eigenvalue weighted by atomic mass is 10.1. The number of imidazole rings is 1. The van der Waals surface area contributed by atoms with Crippen LogP contribution in [0.3, 0.4) is 0 Å². The summed E-state index contributed by atoms with van der Waals surface area (Å²) in [5.74, 6) is 0.989. The van der Waals surface area contributed by atoms with Crippen molar-refractivity contribution in [2.24, 2.45) is 0 Å². The van der Waals surface area contributed by atoms with Gasteiger partial charge in [0.25, 0.3) is 0 Å². The average Bonchev–Trinajstić information content (AvgIpc) is 3.08. The number of nitrogens with zero attached hydrogens (tertiary/aromatic N) is 3. The van der Waals surface area contributed by atoms with E-state index in [9.17, 15) is 5.26 Å². The van der Waals surface area contributed by atoms with E-state index in [0.717, 1.165) is 52.8 Å². The van der Waals surface area contributed by atoms with Gasteiger partial charge in [0.05, 0.1) is 27.8 Å². The highest BCUT2D eigenvalue weighted by atomic mass is 14.9. The first-order chi connectivity index (χ1) is 12.3. The van der Waals surface area contributed by atoms with Crippen molar-refractivity contribution in [2.45, 2.75) is 12.8 Å². The van der Waals surface area contributed by atoms with Gasteiger partial charge in [-0.3, -0.25) is 4.98 Å². The lowest BCUT2D eigenvalue weighted by molar-refractivity contribution is 0.820. The Morgan fingerprint density at radius 3 is 2.68 bits per heavy atom. The highest BCUT2D eigenvalue weighted by molar-refractivity contribution is 5.93. The summed E-state index contributed by atoms with van der Waals surface area (Å²) in [6, 6.07) is 18.1. The van der Waals surface area contributed by atoms with Gasteiger partial charge in [0.1, 0.15) is 11.9 Å². The van der Waals surface area contributed by atoms with E-state index in [0.29, 0.717) is 5.56 Å². The second kappa shape index (κ2) is 6.62. The number of anilines is 1. The summed E-state index contributed by atoms with van der Waals surface area (Å²) < 4.78 is 0. The van der Waals surface area contributed by atoms with E-state index in [1.54, 1.807) is 6.20 Å². The number of H-pyrrole nitrogens is 1. The molecular weight excluding hydrogens is 310 g/mol. The Morgan fingerprint density at radius 2 is 1.84 bits per heavy atom. The van der Waals surface area contributed by atoms with Crippen LogP contribution in [0.25, 0.3) is 21.9 Å². The number of para-hydroxylation sites is 3. The molecular formula is C20H17N5. The van der Waals surface area contributed by atoms with Crippen molar-refractivity contribution < 1.29 is 0 Å². The third-order valence-corrected chi connectivity index (χ3v) is 4.23. The summed E-state index contributed by atoms with van der Waals surface area (Å²) >= 11 is 0. The van der Waals surface area contributed by atoms with Crippen LogP contribution in [0.5, 0.6) is 0 Å². The second-order valence-corrected chi connectivity index (χ2v) is 5.91. The van der Waals surface area contributed by atoms with Crippen molar-refractivity contribution in [1.82, 2.24) is 15.0 Å². The minimum absolute atomic E-state index is 0.572. The van der Waals surface area contributed by atoms with Gasteiger partial charge in [-0.2, -0.15) is 5.26 Å². The Labute approximate surface area is 145 Å². The first-order valence-electron chi connectivity index (χ1n) is 8.30. The molecule has 0 amide bonds. The number of nitrogens with one attached hydrogen (secondary N) is 2. The Bertz CT molecular complexity index is 1040. The van der Waals surface area contributed by atoms with Gasteiger partial charge in [-0.1, -0.05) is 30.3 Å². The summed E-state index contributed by atoms with van der Waals surface area (Å²) in [5.41, 5.74) is 4.39. The number of benzene rings is 2. The van der Waals surface area contributed by atoms with Crippen LogP contribution in [0.2, 0.25) is 0 Å². The molecule has 5 heteroatoms. The molecule has 2 aromatic heterocycles. The SMILES string of the molecule is N#Cc1cnc2ccccc2c1NCCCc1nc2ccccc2[nH]1. The Hall–Kier alpha value is -3.39. The normalized spacial score (nSPS) is 10.8. The van der Waals surface area contributed by atoms with E-state index in [-0.39, 0.29) is 0 Å². The van der Waals surface area contributed by atoms with E-state index < -0.39 is 0 Å². The molecule has 0 spiro atoms. The smallest absolute Gasteiger partial charge is 0.107 e. The number of aromatic amines is 1. The molecule has 4 aromatic rings. The van der Waals surface area contributed by atoms with Crippen molar-refractivity contribution in [2.75, 3.05) is 11.9 Å². The first kappa shape index (κ1) is 15.2. The van der Waals surface area contributed by atoms with E-state index in [4.69, 9.17) is 0 Å². The zero-order valence-electron chi connectivity index (χ0n) is 13.7. The molecule has 5 nitrogen and oxygen atoms in total. The number of aryl methyl sites for hydroxylation is 1. The fourth-order valence-electron chi connectivity index (χ4n) is 3.01. The van der Waals surface area contributed by atoms with Crippen LogP contribution >= 0.6 is 0 Å². The molecule has 2 aromatic carbocycles. The van der Waals surface area contributed by atoms with Gasteiger partial charge in [-0.25, -0.2) is 4.98 Å². The first-order valence-corrected chi connectivity index (χ1v) is 8.30. The third kappa shape index (κ3) is 3.02. The van der Waals surface area contributed by atoms with Crippen molar-refractivity contribution in [3.63, 3.8) is 0 Å². The minimum atomic E-state index is 0.572. The van der Waals surface area contributed by atoms with E-state index in [1.807, 2.05) is 48.5 Å². The molecule has 0 aliphatic carbocycles. The zero-order valence-corrected chi connectivity index (χ0v) is 13.7. The monoisotopic (exact) mass is 327 g/mol. The molecule has 0 unspecified atom stereocenters. The predicted molar refractivity (Wildman–Crippen MR) is 99.4 cm³/mol. The van der Waals surface area contributed by atoms with Gasteiger partial charge in [0.2, 0.25) is 0 Å². The maximum absolute atomic E-state index is 9.35. The lowest BCUT2D eigenvalue weighted by Gasteiger charge is -2.10. The molecule has 4 rings (SSSR count). The molecule has 2 heterocycles. The summed E-state index contributed by atoms with van der Waals surface area (Å²) in [6.45, 7) is 0.764. The van der Waals surface area contributed by atoms with Crippen LogP contribution in [0, 0.1) is 11.3 Å². The van der Waals surface area contributed by atoms with Crippen LogP contribution in [0.1, 0.15) is 17.8 Å². The largest absolute Gasteiger partial charge is 0.383 e. The van der Waals surface area contributed by atoms with Crippen LogP contribution in [0.15, 0.2) is 54.7 Å². The molecule has 0 fully saturated rings. The maximum Gasteiger partial charge on any atom is 0.107 e. The second-order valence-electron chi connectivity index (χ2n) is 5.91. The van der Waals surface area contributed by atoms with Crippen molar-refractivity contribution >= 4 is 27.6 Å². The summed E-state index contributed by atoms with van der Waals surface area (Å²) in [5, 5.41) is 13.7. The highest BCUT2D eigenvalue weighted by Gasteiger charge is 2.08. The third-order valence-electron chi connectivity index (χ3n) is 4.23. The molecule has 0 saturated heterocycles. The van der Waals surface area contributed by atoms with E-state index in [2.05, 4.69) is 26.3 Å². The summed E-state index contributed by atoms with van der Waals surface area (Å²) in [4.78, 5) is 12.3. The minimum Gasteiger partial charge on any atom is -0.383 e. The number of fused-ring (bicyclic) bond motifs is 2. The lowest BCUT2D eigenvalue weighted by Crippen LogP contribution is -2.06. The number of nitriles is 1. The summed E-state index contributed by atoms with van der Waals surface area (Å²) in [7, 11) is 0. The molecule has 0 radical (unpaired) electrons. The van der Waals surface area contributed by atoms with Crippen LogP contribution < -0.4 is 5.32 Å². The number of hydrogen-bond acceptors (Lipinski definition) is 4. The number of hydrogen-bond donors (Lipinski definition) is 2. The predicted octanol–water partition coefficient (Wildman–Crippen LogP) is 4.03. The Balaban J connectivity index is 1.46. The van der Waals surface area contributed by atoms with Crippen molar-refractivity contribution in [3.05, 3.63) is 66.1 Å². The van der Waals surface area contributed by atoms with E-state index >= 15 is 0 Å². The topological polar surface area (TPSA) is 77.4 Å². The Kier molecular flexibility index (Phi) is 4.01. The van der Waals surface area contributed by atoms with Crippen LogP contribution in [0.4, 0.5) is 5.69 Å². The van der Waals surface area contributed by atoms with Crippen molar-refractivity contribution in [1.29, 1.82) is 5.26 Å². The van der Waals surface area contributed by atoms with Crippen LogP contribution in [-0.4, -0.2) is 21.5 Å². The molecule has 0 bridgehead atoms. The molecule has 25 heavy (non-hydrogen) atoms. The standard InChI is InChI=1S/C20H17N5/c21-12-14-13-23-16-7-2-1-6-15(16)20(14)22-11-5-10-19-24-17-8-3-4-9-18(17)25-19/h1-4,6-9,13H,5,10-11H2,(H,22,23)(H,24,25). The number of rotatable bonds is 5. The van der Waals surface area contributed by atoms with Gasteiger partial charge in [-0.15, -0.1) is 0 Å². The van der Waals surface area contributed by atoms with Gasteiger partial charge in [0, 0.05) is 24.5 Å². The highest BCUT2D eigenvalue weighted by Crippen LogP contribution is 2.25. The molecule has 0 saturated carbocycles. The average molecular weight is 327 g/mol. The quantitative estimate of drug-likeness (QED) is 0.543. The number of aromatic nitrogens is 3. The van der Waals surface area contributed by atoms with Crippen molar-refractivity contribution in [3.8, 4) is 6.07 Å². The fraction of sp³-hybridized carbons (Fsp3) is 0.150. The molecule has 122 valence electrons. The van der Waals surface area contributed by atoms with Gasteiger partial charge in [-0.05, 0) is 24.6 Å². The summed E-state index contributed by atoms with van der Waals surface area (Å²) in [6.07, 6.45) is 3.40. The zero-order chi connectivity index (χ0) is 17.1. The van der Waals surface area contributed by atoms with Gasteiger partial charge >= 0.3 is 0 Å². The van der Waals surface area contributed by atoms with Gasteiger partial charge in [0.15, 0.2) is 0 Å². The molecule has 0 aliphatic rings. The number of pyridine rings is 1.